The fraction of sp³-hybridized carbons (Fsp3) is 0.158. The van der Waals surface area contributed by atoms with Crippen LogP contribution < -0.4 is 5.32 Å². The molecule has 1 N–H and O–H groups in total. The maximum atomic E-state index is 12.8. The molecule has 0 spiro atoms. The molecule has 2 aromatic carbocycles. The van der Waals surface area contributed by atoms with E-state index in [4.69, 9.17) is 0 Å². The number of carbonyl (C=O) groups is 1. The Bertz CT molecular complexity index is 1010. The lowest BCUT2D eigenvalue weighted by Crippen LogP contribution is -2.26. The van der Waals surface area contributed by atoms with Gasteiger partial charge >= 0.3 is 0 Å². The zero-order chi connectivity index (χ0) is 18.6. The van der Waals surface area contributed by atoms with E-state index in [9.17, 15) is 13.2 Å². The molecule has 0 fully saturated rings. The predicted octanol–water partition coefficient (Wildman–Crippen LogP) is 2.32. The van der Waals surface area contributed by atoms with Crippen LogP contribution >= 0.6 is 0 Å². The van der Waals surface area contributed by atoms with Crippen molar-refractivity contribution in [1.82, 2.24) is 14.9 Å². The van der Waals surface area contributed by atoms with Gasteiger partial charge in [0.15, 0.2) is 9.84 Å². The van der Waals surface area contributed by atoms with E-state index >= 15 is 0 Å². The maximum Gasteiger partial charge on any atom is 0.252 e. The monoisotopic (exact) mass is 369 g/mol. The largest absolute Gasteiger partial charge is 0.345 e. The molecule has 0 atom stereocenters. The minimum absolute atomic E-state index is 0.0289. The molecule has 26 heavy (non-hydrogen) atoms. The molecule has 0 aliphatic heterocycles. The molecule has 0 bridgehead atoms. The second kappa shape index (κ2) is 7.53. The molecule has 3 rings (SSSR count). The first-order chi connectivity index (χ1) is 12.5. The Kier molecular flexibility index (Phi) is 5.18. The number of rotatable bonds is 6. The molecule has 0 unspecified atom stereocenters. The fourth-order valence-corrected chi connectivity index (χ4v) is 4.19. The molecule has 1 heterocycles. The molecule has 0 aliphatic carbocycles. The van der Waals surface area contributed by atoms with Gasteiger partial charge in [-0.25, -0.2) is 13.4 Å². The molecule has 1 aromatic heterocycles. The van der Waals surface area contributed by atoms with Gasteiger partial charge in [0.1, 0.15) is 5.82 Å². The second-order valence-electron chi connectivity index (χ2n) is 5.88. The van der Waals surface area contributed by atoms with Crippen molar-refractivity contribution in [2.24, 2.45) is 7.05 Å². The number of nitrogens with one attached hydrogen (secondary N) is 1. The van der Waals surface area contributed by atoms with E-state index < -0.39 is 15.7 Å². The van der Waals surface area contributed by atoms with Gasteiger partial charge in [0.05, 0.1) is 22.8 Å². The van der Waals surface area contributed by atoms with E-state index in [1.165, 1.54) is 12.1 Å². The van der Waals surface area contributed by atoms with E-state index in [2.05, 4.69) is 10.3 Å². The van der Waals surface area contributed by atoms with Gasteiger partial charge in [0.2, 0.25) is 0 Å². The van der Waals surface area contributed by atoms with E-state index in [0.717, 1.165) is 0 Å². The molecule has 3 aromatic rings. The third-order valence-electron chi connectivity index (χ3n) is 3.99. The third-order valence-corrected chi connectivity index (χ3v) is 5.73. The molecular weight excluding hydrogens is 350 g/mol. The van der Waals surface area contributed by atoms with Crippen LogP contribution in [0.3, 0.4) is 0 Å². The van der Waals surface area contributed by atoms with Crippen molar-refractivity contribution in [3.05, 3.63) is 83.9 Å². The fourth-order valence-electron chi connectivity index (χ4n) is 2.62. The lowest BCUT2D eigenvalue weighted by atomic mass is 10.2. The van der Waals surface area contributed by atoms with Crippen molar-refractivity contribution in [3.8, 4) is 0 Å². The van der Waals surface area contributed by atoms with Gasteiger partial charge < -0.3 is 9.88 Å². The molecule has 7 heteroatoms. The first-order valence-corrected chi connectivity index (χ1v) is 9.73. The van der Waals surface area contributed by atoms with E-state index in [0.29, 0.717) is 11.4 Å². The lowest BCUT2D eigenvalue weighted by Gasteiger charge is -2.11. The topological polar surface area (TPSA) is 81.1 Å². The van der Waals surface area contributed by atoms with Crippen LogP contribution in [0.2, 0.25) is 0 Å². The number of hydrogen-bond donors (Lipinski definition) is 1. The highest BCUT2D eigenvalue weighted by molar-refractivity contribution is 7.90. The quantitative estimate of drug-likeness (QED) is 0.723. The van der Waals surface area contributed by atoms with Crippen LogP contribution in [-0.4, -0.2) is 23.9 Å². The van der Waals surface area contributed by atoms with Crippen molar-refractivity contribution in [2.75, 3.05) is 0 Å². The van der Waals surface area contributed by atoms with Crippen molar-refractivity contribution in [1.29, 1.82) is 0 Å². The average Bonchev–Trinajstić information content (AvgIpc) is 3.05. The number of hydrogen-bond acceptors (Lipinski definition) is 4. The Morgan fingerprint density at radius 3 is 2.46 bits per heavy atom. The molecule has 1 amide bonds. The van der Waals surface area contributed by atoms with Crippen molar-refractivity contribution >= 4 is 15.7 Å². The first kappa shape index (κ1) is 17.9. The van der Waals surface area contributed by atoms with Gasteiger partial charge in [-0.3, -0.25) is 4.79 Å². The SMILES string of the molecule is Cn1ccnc1CNC(=O)c1ccccc1S(=O)(=O)Cc1ccccc1. The van der Waals surface area contributed by atoms with Crippen LogP contribution in [0, 0.1) is 0 Å². The Balaban J connectivity index is 1.83. The van der Waals surface area contributed by atoms with Crippen LogP contribution in [0.1, 0.15) is 21.7 Å². The molecule has 0 aliphatic rings. The Labute approximate surface area is 152 Å². The normalized spacial score (nSPS) is 11.3. The number of aryl methyl sites for hydroxylation is 1. The highest BCUT2D eigenvalue weighted by atomic mass is 32.2. The first-order valence-electron chi connectivity index (χ1n) is 8.07. The summed E-state index contributed by atoms with van der Waals surface area (Å²) in [6, 6.07) is 15.2. The molecule has 6 nitrogen and oxygen atoms in total. The summed E-state index contributed by atoms with van der Waals surface area (Å²) < 4.78 is 27.4. The number of amides is 1. The zero-order valence-corrected chi connectivity index (χ0v) is 15.1. The minimum atomic E-state index is -3.65. The van der Waals surface area contributed by atoms with Crippen LogP contribution in [0.4, 0.5) is 0 Å². The predicted molar refractivity (Wildman–Crippen MR) is 98.2 cm³/mol. The summed E-state index contributed by atoms with van der Waals surface area (Å²) in [5.41, 5.74) is 0.813. The summed E-state index contributed by atoms with van der Waals surface area (Å²) >= 11 is 0. The average molecular weight is 369 g/mol. The van der Waals surface area contributed by atoms with Crippen molar-refractivity contribution in [3.63, 3.8) is 0 Å². The summed E-state index contributed by atoms with van der Waals surface area (Å²) in [6.45, 7) is 0.218. The number of benzene rings is 2. The Morgan fingerprint density at radius 1 is 1.08 bits per heavy atom. The summed E-state index contributed by atoms with van der Waals surface area (Å²) in [4.78, 5) is 16.7. The second-order valence-corrected chi connectivity index (χ2v) is 7.84. The van der Waals surface area contributed by atoms with Crippen LogP contribution in [0.15, 0.2) is 71.9 Å². The number of sulfone groups is 1. The van der Waals surface area contributed by atoms with Gasteiger partial charge in [-0.1, -0.05) is 42.5 Å². The summed E-state index contributed by atoms with van der Waals surface area (Å²) in [5, 5.41) is 2.73. The maximum absolute atomic E-state index is 12.8. The number of carbonyl (C=O) groups excluding carboxylic acids is 1. The van der Waals surface area contributed by atoms with Gasteiger partial charge in [-0.05, 0) is 17.7 Å². The summed E-state index contributed by atoms with van der Waals surface area (Å²) in [7, 11) is -1.82. The molecule has 0 saturated heterocycles. The van der Waals surface area contributed by atoms with E-state index in [-0.39, 0.29) is 22.8 Å². The lowest BCUT2D eigenvalue weighted by molar-refractivity contribution is 0.0946. The van der Waals surface area contributed by atoms with Gasteiger partial charge in [-0.2, -0.15) is 0 Å². The number of aromatic nitrogens is 2. The number of imidazole rings is 1. The minimum Gasteiger partial charge on any atom is -0.345 e. The standard InChI is InChI=1S/C19H19N3O3S/c1-22-12-11-20-18(22)13-21-19(23)16-9-5-6-10-17(16)26(24,25)14-15-7-3-2-4-8-15/h2-12H,13-14H2,1H3,(H,21,23). The summed E-state index contributed by atoms with van der Waals surface area (Å²) in [6.07, 6.45) is 3.42. The molecular formula is C19H19N3O3S. The Morgan fingerprint density at radius 2 is 1.77 bits per heavy atom. The highest BCUT2D eigenvalue weighted by Gasteiger charge is 2.22. The van der Waals surface area contributed by atoms with Crippen LogP contribution in [0.25, 0.3) is 0 Å². The number of nitrogens with zero attached hydrogens (tertiary/aromatic N) is 2. The van der Waals surface area contributed by atoms with Crippen LogP contribution in [-0.2, 0) is 29.2 Å². The van der Waals surface area contributed by atoms with Gasteiger partial charge in [0, 0.05) is 19.4 Å². The molecule has 134 valence electrons. The smallest absolute Gasteiger partial charge is 0.252 e. The van der Waals surface area contributed by atoms with Gasteiger partial charge in [-0.15, -0.1) is 0 Å². The van der Waals surface area contributed by atoms with Crippen molar-refractivity contribution < 1.29 is 13.2 Å². The van der Waals surface area contributed by atoms with Crippen LogP contribution in [0.5, 0.6) is 0 Å². The zero-order valence-electron chi connectivity index (χ0n) is 14.3. The Hall–Kier alpha value is -2.93. The van der Waals surface area contributed by atoms with Crippen molar-refractivity contribution in [2.45, 2.75) is 17.2 Å². The molecule has 0 radical (unpaired) electrons. The van der Waals surface area contributed by atoms with E-state index in [1.807, 2.05) is 13.1 Å². The third kappa shape index (κ3) is 4.00. The van der Waals surface area contributed by atoms with E-state index in [1.54, 1.807) is 53.4 Å². The molecule has 0 saturated carbocycles. The van der Waals surface area contributed by atoms with Gasteiger partial charge in [0.25, 0.3) is 5.91 Å². The highest BCUT2D eigenvalue weighted by Crippen LogP contribution is 2.20. The summed E-state index contributed by atoms with van der Waals surface area (Å²) in [5.74, 6) is 0.0838.